The summed E-state index contributed by atoms with van der Waals surface area (Å²) in [5.41, 5.74) is 0. The second kappa shape index (κ2) is 50.6. The van der Waals surface area contributed by atoms with Gasteiger partial charge in [0.25, 0.3) is 0 Å². The lowest BCUT2D eigenvalue weighted by molar-refractivity contribution is -0.0264. The van der Waals surface area contributed by atoms with Gasteiger partial charge in [-0.25, -0.2) is 0 Å². The standard InChI is InChI=1S/C42H86O10/c1-3-5-7-9-10-11-12-13-14-15-16-17-18-19-20-22-24-44-26-28-46-30-32-48-34-36-50-38-40-52-42-41-51-39-37-49-35-33-47-31-29-45-27-25-43-23-21-8-6-4-2/h3-42H2,1-2H3. The van der Waals surface area contributed by atoms with Crippen LogP contribution in [-0.2, 0) is 47.4 Å². The first-order valence-electron chi connectivity index (χ1n) is 21.7. The van der Waals surface area contributed by atoms with Crippen LogP contribution in [0.2, 0.25) is 0 Å². The van der Waals surface area contributed by atoms with Crippen LogP contribution in [0.15, 0.2) is 0 Å². The zero-order valence-electron chi connectivity index (χ0n) is 34.4. The Labute approximate surface area is 321 Å². The van der Waals surface area contributed by atoms with Gasteiger partial charge < -0.3 is 47.4 Å². The molecule has 0 aliphatic rings. The third-order valence-corrected chi connectivity index (χ3v) is 8.63. The van der Waals surface area contributed by atoms with Crippen molar-refractivity contribution in [3.63, 3.8) is 0 Å². The lowest BCUT2D eigenvalue weighted by Crippen LogP contribution is -2.15. The number of ether oxygens (including phenoxy) is 10. The van der Waals surface area contributed by atoms with E-state index in [-0.39, 0.29) is 0 Å². The summed E-state index contributed by atoms with van der Waals surface area (Å²) < 4.78 is 55.4. The van der Waals surface area contributed by atoms with E-state index in [2.05, 4.69) is 13.8 Å². The van der Waals surface area contributed by atoms with Gasteiger partial charge in [-0.2, -0.15) is 0 Å². The minimum Gasteiger partial charge on any atom is -0.379 e. The molecule has 0 heterocycles. The third kappa shape index (κ3) is 49.6. The number of hydrogen-bond acceptors (Lipinski definition) is 10. The highest BCUT2D eigenvalue weighted by Gasteiger charge is 1.98. The number of unbranched alkanes of at least 4 members (excludes halogenated alkanes) is 18. The molecule has 0 fully saturated rings. The average Bonchev–Trinajstić information content (AvgIpc) is 3.16. The van der Waals surface area contributed by atoms with Crippen LogP contribution in [-0.4, -0.2) is 132 Å². The van der Waals surface area contributed by atoms with E-state index in [1.54, 1.807) is 0 Å². The molecule has 0 unspecified atom stereocenters. The molecule has 0 aliphatic carbocycles. The van der Waals surface area contributed by atoms with Gasteiger partial charge in [-0.1, -0.05) is 129 Å². The Balaban J connectivity index is 3.04. The summed E-state index contributed by atoms with van der Waals surface area (Å²) in [6.07, 6.45) is 27.2. The second-order valence-corrected chi connectivity index (χ2v) is 13.5. The third-order valence-electron chi connectivity index (χ3n) is 8.63. The highest BCUT2D eigenvalue weighted by atomic mass is 16.6. The first-order chi connectivity index (χ1) is 25.9. The molecular weight excluding hydrogens is 664 g/mol. The predicted molar refractivity (Wildman–Crippen MR) is 212 cm³/mol. The summed E-state index contributed by atoms with van der Waals surface area (Å²) in [5, 5.41) is 0. The van der Waals surface area contributed by atoms with E-state index in [9.17, 15) is 0 Å². The van der Waals surface area contributed by atoms with Crippen LogP contribution in [0.25, 0.3) is 0 Å². The molecule has 0 aromatic heterocycles. The van der Waals surface area contributed by atoms with E-state index in [0.29, 0.717) is 119 Å². The van der Waals surface area contributed by atoms with Crippen LogP contribution in [0.1, 0.15) is 142 Å². The first-order valence-corrected chi connectivity index (χ1v) is 21.7. The fourth-order valence-corrected chi connectivity index (χ4v) is 5.46. The summed E-state index contributed by atoms with van der Waals surface area (Å²) in [6.45, 7) is 16.4. The molecule has 0 N–H and O–H groups in total. The SMILES string of the molecule is CCCCCCCCCCCCCCCCCCOCCOCCOCCOCCOCCOCCOCCOCCOCCOCCCCCC. The maximum Gasteiger partial charge on any atom is 0.0701 e. The maximum atomic E-state index is 5.70. The van der Waals surface area contributed by atoms with Crippen LogP contribution in [0.4, 0.5) is 0 Å². The van der Waals surface area contributed by atoms with Crippen molar-refractivity contribution in [2.24, 2.45) is 0 Å². The van der Waals surface area contributed by atoms with E-state index in [1.807, 2.05) is 0 Å². The minimum atomic E-state index is 0.535. The van der Waals surface area contributed by atoms with Gasteiger partial charge in [0, 0.05) is 13.2 Å². The lowest BCUT2D eigenvalue weighted by Gasteiger charge is -2.09. The molecule has 314 valence electrons. The Kier molecular flexibility index (Phi) is 50.2. The van der Waals surface area contributed by atoms with Gasteiger partial charge in [0.2, 0.25) is 0 Å². The quantitative estimate of drug-likeness (QED) is 0.0561. The van der Waals surface area contributed by atoms with Crippen molar-refractivity contribution < 1.29 is 47.4 Å². The summed E-state index contributed by atoms with van der Waals surface area (Å²) in [7, 11) is 0. The Morgan fingerprint density at radius 2 is 0.288 bits per heavy atom. The van der Waals surface area contributed by atoms with Crippen LogP contribution in [0.3, 0.4) is 0 Å². The van der Waals surface area contributed by atoms with Gasteiger partial charge in [0.15, 0.2) is 0 Å². The molecule has 10 heteroatoms. The first kappa shape index (κ1) is 51.6. The van der Waals surface area contributed by atoms with Crippen LogP contribution in [0.5, 0.6) is 0 Å². The van der Waals surface area contributed by atoms with Crippen LogP contribution >= 0.6 is 0 Å². The van der Waals surface area contributed by atoms with E-state index >= 15 is 0 Å². The minimum absolute atomic E-state index is 0.535. The Bertz CT molecular complexity index is 551. The van der Waals surface area contributed by atoms with Crippen molar-refractivity contribution in [1.29, 1.82) is 0 Å². The van der Waals surface area contributed by atoms with Gasteiger partial charge in [-0.05, 0) is 12.8 Å². The van der Waals surface area contributed by atoms with E-state index in [0.717, 1.165) is 26.1 Å². The summed E-state index contributed by atoms with van der Waals surface area (Å²) in [4.78, 5) is 0. The van der Waals surface area contributed by atoms with Crippen LogP contribution in [0, 0.1) is 0 Å². The zero-order valence-corrected chi connectivity index (χ0v) is 34.4. The summed E-state index contributed by atoms with van der Waals surface area (Å²) in [5.74, 6) is 0. The second-order valence-electron chi connectivity index (χ2n) is 13.5. The van der Waals surface area contributed by atoms with Gasteiger partial charge in [-0.15, -0.1) is 0 Å². The Morgan fingerprint density at radius 3 is 0.481 bits per heavy atom. The predicted octanol–water partition coefficient (Wildman–Crippen LogP) is 8.99. The molecule has 0 spiro atoms. The highest BCUT2D eigenvalue weighted by molar-refractivity contribution is 4.50. The van der Waals surface area contributed by atoms with Crippen LogP contribution < -0.4 is 0 Å². The fraction of sp³-hybridized carbons (Fsp3) is 1.00. The van der Waals surface area contributed by atoms with Crippen molar-refractivity contribution in [3.05, 3.63) is 0 Å². The van der Waals surface area contributed by atoms with Gasteiger partial charge in [-0.3, -0.25) is 0 Å². The fourth-order valence-electron chi connectivity index (χ4n) is 5.46. The molecule has 0 saturated heterocycles. The molecule has 0 aromatic rings. The van der Waals surface area contributed by atoms with E-state index in [1.165, 1.54) is 116 Å². The molecular formula is C42H86O10. The van der Waals surface area contributed by atoms with E-state index < -0.39 is 0 Å². The zero-order chi connectivity index (χ0) is 37.4. The monoisotopic (exact) mass is 751 g/mol. The summed E-state index contributed by atoms with van der Waals surface area (Å²) >= 11 is 0. The van der Waals surface area contributed by atoms with Crippen molar-refractivity contribution >= 4 is 0 Å². The lowest BCUT2D eigenvalue weighted by atomic mass is 10.0. The molecule has 0 aliphatic heterocycles. The largest absolute Gasteiger partial charge is 0.379 e. The maximum absolute atomic E-state index is 5.70. The smallest absolute Gasteiger partial charge is 0.0701 e. The topological polar surface area (TPSA) is 92.3 Å². The van der Waals surface area contributed by atoms with E-state index in [4.69, 9.17) is 47.4 Å². The highest BCUT2D eigenvalue weighted by Crippen LogP contribution is 2.13. The molecule has 0 radical (unpaired) electrons. The van der Waals surface area contributed by atoms with Crippen molar-refractivity contribution in [1.82, 2.24) is 0 Å². The average molecular weight is 751 g/mol. The summed E-state index contributed by atoms with van der Waals surface area (Å²) in [6, 6.07) is 0. The molecule has 0 amide bonds. The molecule has 0 bridgehead atoms. The van der Waals surface area contributed by atoms with Gasteiger partial charge >= 0.3 is 0 Å². The molecule has 52 heavy (non-hydrogen) atoms. The molecule has 0 rings (SSSR count). The molecule has 0 saturated carbocycles. The van der Waals surface area contributed by atoms with Gasteiger partial charge in [0.1, 0.15) is 0 Å². The van der Waals surface area contributed by atoms with Crippen molar-refractivity contribution in [3.8, 4) is 0 Å². The van der Waals surface area contributed by atoms with Gasteiger partial charge in [0.05, 0.1) is 119 Å². The normalized spacial score (nSPS) is 11.7. The Hall–Kier alpha value is -0.400. The molecule has 0 aromatic carbocycles. The Morgan fingerprint density at radius 1 is 0.154 bits per heavy atom. The molecule has 0 atom stereocenters. The number of rotatable bonds is 49. The van der Waals surface area contributed by atoms with Crippen molar-refractivity contribution in [2.45, 2.75) is 142 Å². The van der Waals surface area contributed by atoms with Crippen molar-refractivity contribution in [2.75, 3.05) is 132 Å². The molecule has 10 nitrogen and oxygen atoms in total. The number of hydrogen-bond donors (Lipinski definition) is 0.